The van der Waals surface area contributed by atoms with Gasteiger partial charge in [0.25, 0.3) is 5.91 Å². The first-order chi connectivity index (χ1) is 7.20. The molecule has 0 saturated carbocycles. The Kier molecular flexibility index (Phi) is 2.68. The fraction of sp³-hybridized carbons (Fsp3) is 0.0909. The summed E-state index contributed by atoms with van der Waals surface area (Å²) >= 11 is 3.41. The molecule has 1 aromatic heterocycles. The SMILES string of the molecule is Cc1cccc(C(=O)n2ccnc2)c1Br. The molecule has 0 aliphatic heterocycles. The van der Waals surface area contributed by atoms with Gasteiger partial charge >= 0.3 is 0 Å². The molecular weight excluding hydrogens is 256 g/mol. The molecule has 15 heavy (non-hydrogen) atoms. The van der Waals surface area contributed by atoms with E-state index in [9.17, 15) is 4.79 Å². The summed E-state index contributed by atoms with van der Waals surface area (Å²) in [4.78, 5) is 15.8. The molecule has 0 spiro atoms. The highest BCUT2D eigenvalue weighted by molar-refractivity contribution is 9.10. The molecule has 76 valence electrons. The standard InChI is InChI=1S/C11H9BrN2O/c1-8-3-2-4-9(10(8)12)11(15)14-6-5-13-7-14/h2-7H,1H3. The van der Waals surface area contributed by atoms with Gasteiger partial charge in [0.2, 0.25) is 0 Å². The normalized spacial score (nSPS) is 10.3. The topological polar surface area (TPSA) is 34.9 Å². The van der Waals surface area contributed by atoms with Crippen molar-refractivity contribution in [2.75, 3.05) is 0 Å². The molecule has 2 aromatic rings. The second kappa shape index (κ2) is 3.98. The number of hydrogen-bond donors (Lipinski definition) is 0. The molecule has 0 radical (unpaired) electrons. The highest BCUT2D eigenvalue weighted by Crippen LogP contribution is 2.21. The Balaban J connectivity index is 2.47. The number of aromatic nitrogens is 2. The second-order valence-electron chi connectivity index (χ2n) is 3.21. The molecule has 1 aromatic carbocycles. The van der Waals surface area contributed by atoms with E-state index in [1.165, 1.54) is 10.9 Å². The molecule has 3 nitrogen and oxygen atoms in total. The summed E-state index contributed by atoms with van der Waals surface area (Å²) in [5.74, 6) is -0.0805. The van der Waals surface area contributed by atoms with E-state index in [0.29, 0.717) is 5.56 Å². The first-order valence-corrected chi connectivity index (χ1v) is 5.27. The van der Waals surface area contributed by atoms with Crippen LogP contribution in [0.5, 0.6) is 0 Å². The zero-order chi connectivity index (χ0) is 10.8. The predicted octanol–water partition coefficient (Wildman–Crippen LogP) is 2.64. The van der Waals surface area contributed by atoms with Crippen molar-refractivity contribution in [3.63, 3.8) is 0 Å². The lowest BCUT2D eigenvalue weighted by molar-refractivity contribution is 0.0959. The Morgan fingerprint density at radius 1 is 1.47 bits per heavy atom. The minimum absolute atomic E-state index is 0.0805. The maximum atomic E-state index is 12.0. The van der Waals surface area contributed by atoms with Crippen LogP contribution in [0.3, 0.4) is 0 Å². The predicted molar refractivity (Wildman–Crippen MR) is 60.8 cm³/mol. The summed E-state index contributed by atoms with van der Waals surface area (Å²) in [6, 6.07) is 5.61. The highest BCUT2D eigenvalue weighted by atomic mass is 79.9. The lowest BCUT2D eigenvalue weighted by atomic mass is 10.1. The number of carbonyl (C=O) groups is 1. The van der Waals surface area contributed by atoms with Gasteiger partial charge in [0.05, 0.1) is 5.56 Å². The van der Waals surface area contributed by atoms with Crippen LogP contribution in [0, 0.1) is 6.92 Å². The van der Waals surface area contributed by atoms with Crippen LogP contribution >= 0.6 is 15.9 Å². The summed E-state index contributed by atoms with van der Waals surface area (Å²) < 4.78 is 2.29. The van der Waals surface area contributed by atoms with Crippen LogP contribution in [0.4, 0.5) is 0 Å². The summed E-state index contributed by atoms with van der Waals surface area (Å²) in [5, 5.41) is 0. The fourth-order valence-corrected chi connectivity index (χ4v) is 1.76. The van der Waals surface area contributed by atoms with Crippen molar-refractivity contribution in [1.29, 1.82) is 0 Å². The van der Waals surface area contributed by atoms with E-state index in [0.717, 1.165) is 10.0 Å². The Morgan fingerprint density at radius 2 is 2.27 bits per heavy atom. The van der Waals surface area contributed by atoms with Crippen molar-refractivity contribution in [2.24, 2.45) is 0 Å². The highest BCUT2D eigenvalue weighted by Gasteiger charge is 2.12. The minimum atomic E-state index is -0.0805. The number of rotatable bonds is 1. The van der Waals surface area contributed by atoms with E-state index in [-0.39, 0.29) is 5.91 Å². The van der Waals surface area contributed by atoms with Crippen LogP contribution in [0.2, 0.25) is 0 Å². The molecule has 0 saturated heterocycles. The minimum Gasteiger partial charge on any atom is -0.272 e. The third kappa shape index (κ3) is 1.85. The van der Waals surface area contributed by atoms with Gasteiger partial charge in [-0.2, -0.15) is 0 Å². The van der Waals surface area contributed by atoms with Crippen molar-refractivity contribution < 1.29 is 4.79 Å². The second-order valence-corrected chi connectivity index (χ2v) is 4.00. The average Bonchev–Trinajstić information content (AvgIpc) is 2.74. The van der Waals surface area contributed by atoms with Crippen LogP contribution < -0.4 is 0 Å². The Bertz CT molecular complexity index is 491. The molecule has 0 amide bonds. The van der Waals surface area contributed by atoms with Crippen molar-refractivity contribution in [1.82, 2.24) is 9.55 Å². The van der Waals surface area contributed by atoms with Gasteiger partial charge in [-0.1, -0.05) is 12.1 Å². The number of aryl methyl sites for hydroxylation is 1. The van der Waals surface area contributed by atoms with Crippen LogP contribution in [0.1, 0.15) is 15.9 Å². The lowest BCUT2D eigenvalue weighted by Gasteiger charge is -2.05. The van der Waals surface area contributed by atoms with Crippen LogP contribution in [0.25, 0.3) is 0 Å². The first-order valence-electron chi connectivity index (χ1n) is 4.48. The lowest BCUT2D eigenvalue weighted by Crippen LogP contribution is -2.10. The largest absolute Gasteiger partial charge is 0.272 e. The summed E-state index contributed by atoms with van der Waals surface area (Å²) in [6.07, 6.45) is 4.72. The number of carbonyl (C=O) groups excluding carboxylic acids is 1. The molecule has 0 bridgehead atoms. The molecule has 0 N–H and O–H groups in total. The van der Waals surface area contributed by atoms with Gasteiger partial charge in [-0.15, -0.1) is 0 Å². The monoisotopic (exact) mass is 264 g/mol. The Labute approximate surface area is 95.9 Å². The van der Waals surface area contributed by atoms with E-state index >= 15 is 0 Å². The average molecular weight is 265 g/mol. The molecule has 4 heteroatoms. The van der Waals surface area contributed by atoms with Crippen LogP contribution in [-0.4, -0.2) is 15.5 Å². The number of nitrogens with zero attached hydrogens (tertiary/aromatic N) is 2. The molecule has 0 aliphatic carbocycles. The molecule has 0 aliphatic rings. The van der Waals surface area contributed by atoms with E-state index in [1.54, 1.807) is 18.5 Å². The molecule has 1 heterocycles. The fourth-order valence-electron chi connectivity index (χ4n) is 1.33. The van der Waals surface area contributed by atoms with Gasteiger partial charge in [-0.25, -0.2) is 4.98 Å². The third-order valence-corrected chi connectivity index (χ3v) is 3.21. The van der Waals surface area contributed by atoms with Gasteiger partial charge in [0.1, 0.15) is 6.33 Å². The molecule has 2 rings (SSSR count). The van der Waals surface area contributed by atoms with Gasteiger partial charge in [-0.3, -0.25) is 9.36 Å². The van der Waals surface area contributed by atoms with Crippen LogP contribution in [-0.2, 0) is 0 Å². The van der Waals surface area contributed by atoms with E-state index in [2.05, 4.69) is 20.9 Å². The number of halogens is 1. The van der Waals surface area contributed by atoms with Crippen molar-refractivity contribution in [3.05, 3.63) is 52.5 Å². The van der Waals surface area contributed by atoms with Gasteiger partial charge in [0, 0.05) is 16.9 Å². The van der Waals surface area contributed by atoms with E-state index in [4.69, 9.17) is 0 Å². The molecule has 0 atom stereocenters. The Hall–Kier alpha value is -1.42. The maximum Gasteiger partial charge on any atom is 0.264 e. The van der Waals surface area contributed by atoms with Crippen molar-refractivity contribution >= 4 is 21.8 Å². The third-order valence-electron chi connectivity index (χ3n) is 2.16. The molecule has 0 fully saturated rings. The number of hydrogen-bond acceptors (Lipinski definition) is 2. The summed E-state index contributed by atoms with van der Waals surface area (Å²) in [5.41, 5.74) is 1.69. The smallest absolute Gasteiger partial charge is 0.264 e. The van der Waals surface area contributed by atoms with Gasteiger partial charge < -0.3 is 0 Å². The van der Waals surface area contributed by atoms with Crippen molar-refractivity contribution in [3.8, 4) is 0 Å². The van der Waals surface area contributed by atoms with E-state index < -0.39 is 0 Å². The zero-order valence-electron chi connectivity index (χ0n) is 8.14. The maximum absolute atomic E-state index is 12.0. The quantitative estimate of drug-likeness (QED) is 0.794. The van der Waals surface area contributed by atoms with Gasteiger partial charge in [0.15, 0.2) is 0 Å². The number of imidazole rings is 1. The summed E-state index contributed by atoms with van der Waals surface area (Å²) in [6.45, 7) is 1.95. The summed E-state index contributed by atoms with van der Waals surface area (Å²) in [7, 11) is 0. The van der Waals surface area contributed by atoms with Crippen molar-refractivity contribution in [2.45, 2.75) is 6.92 Å². The Morgan fingerprint density at radius 3 is 2.93 bits per heavy atom. The zero-order valence-corrected chi connectivity index (χ0v) is 9.73. The van der Waals surface area contributed by atoms with E-state index in [1.807, 2.05) is 19.1 Å². The molecular formula is C11H9BrN2O. The van der Waals surface area contributed by atoms with Gasteiger partial charge in [-0.05, 0) is 34.5 Å². The number of benzene rings is 1. The first kappa shape index (κ1) is 10.1. The van der Waals surface area contributed by atoms with Crippen LogP contribution in [0.15, 0.2) is 41.4 Å². The molecule has 0 unspecified atom stereocenters.